The molecule has 0 aromatic heterocycles. The van der Waals surface area contributed by atoms with Gasteiger partial charge in [0, 0.05) is 25.7 Å². The van der Waals surface area contributed by atoms with Crippen LogP contribution in [0.25, 0.3) is 0 Å². The molecule has 0 amide bonds. The maximum atomic E-state index is 11.8. The number of hydrogen-bond donors (Lipinski definition) is 2. The Morgan fingerprint density at radius 3 is 2.53 bits per heavy atom. The Morgan fingerprint density at radius 2 is 2.07 bits per heavy atom. The predicted octanol–water partition coefficient (Wildman–Crippen LogP) is -0.0854. The molecule has 0 bridgehead atoms. The van der Waals surface area contributed by atoms with Crippen LogP contribution in [0.5, 0.6) is 0 Å². The third kappa shape index (κ3) is 3.71. The van der Waals surface area contributed by atoms with Gasteiger partial charge in [0.15, 0.2) is 0 Å². The van der Waals surface area contributed by atoms with Crippen molar-refractivity contribution >= 4 is 10.2 Å². The Bertz CT molecular complexity index is 269. The number of hydrogen-bond acceptors (Lipinski definition) is 3. The second-order valence-corrected chi connectivity index (χ2v) is 5.45. The van der Waals surface area contributed by atoms with E-state index in [1.165, 1.54) is 4.31 Å². The molecule has 0 aromatic rings. The first-order valence-corrected chi connectivity index (χ1v) is 7.02. The van der Waals surface area contributed by atoms with Crippen LogP contribution in [-0.4, -0.2) is 44.9 Å². The van der Waals surface area contributed by atoms with Crippen LogP contribution < -0.4 is 10.0 Å². The molecule has 2 N–H and O–H groups in total. The van der Waals surface area contributed by atoms with Gasteiger partial charge in [0.1, 0.15) is 0 Å². The zero-order valence-electron chi connectivity index (χ0n) is 9.49. The van der Waals surface area contributed by atoms with E-state index in [0.717, 1.165) is 25.9 Å². The van der Waals surface area contributed by atoms with Gasteiger partial charge in [-0.05, 0) is 19.4 Å². The second-order valence-electron chi connectivity index (χ2n) is 3.75. The first-order valence-electron chi connectivity index (χ1n) is 5.58. The van der Waals surface area contributed by atoms with Crippen LogP contribution in [0.15, 0.2) is 0 Å². The molecular formula is C9H21N3O2S. The molecule has 1 rings (SSSR count). The van der Waals surface area contributed by atoms with Crippen LogP contribution in [0.2, 0.25) is 0 Å². The van der Waals surface area contributed by atoms with E-state index >= 15 is 0 Å². The van der Waals surface area contributed by atoms with Crippen molar-refractivity contribution in [2.75, 3.05) is 26.2 Å². The fourth-order valence-corrected chi connectivity index (χ4v) is 3.25. The summed E-state index contributed by atoms with van der Waals surface area (Å²) in [4.78, 5) is 0. The highest BCUT2D eigenvalue weighted by Gasteiger charge is 2.23. The normalized spacial score (nSPS) is 23.3. The Kier molecular flexibility index (Phi) is 4.98. The summed E-state index contributed by atoms with van der Waals surface area (Å²) in [6.07, 6.45) is 1.96. The number of nitrogens with zero attached hydrogens (tertiary/aromatic N) is 1. The first-order chi connectivity index (χ1) is 7.10. The van der Waals surface area contributed by atoms with E-state index in [9.17, 15) is 8.42 Å². The van der Waals surface area contributed by atoms with E-state index in [1.54, 1.807) is 0 Å². The van der Waals surface area contributed by atoms with Crippen molar-refractivity contribution in [3.8, 4) is 0 Å². The molecule has 1 aliphatic rings. The maximum Gasteiger partial charge on any atom is 0.279 e. The SMILES string of the molecule is CCN(CC)S(=O)(=O)N[C@H]1CCCNC1. The summed E-state index contributed by atoms with van der Waals surface area (Å²) in [5, 5.41) is 3.19. The second kappa shape index (κ2) is 5.79. The van der Waals surface area contributed by atoms with Crippen molar-refractivity contribution in [1.82, 2.24) is 14.3 Å². The lowest BCUT2D eigenvalue weighted by Crippen LogP contribution is -2.50. The summed E-state index contributed by atoms with van der Waals surface area (Å²) >= 11 is 0. The zero-order chi connectivity index (χ0) is 11.3. The van der Waals surface area contributed by atoms with Crippen LogP contribution >= 0.6 is 0 Å². The van der Waals surface area contributed by atoms with Gasteiger partial charge in [-0.25, -0.2) is 0 Å². The van der Waals surface area contributed by atoms with E-state index in [4.69, 9.17) is 0 Å². The molecular weight excluding hydrogens is 214 g/mol. The van der Waals surface area contributed by atoms with Crippen molar-refractivity contribution in [3.63, 3.8) is 0 Å². The van der Waals surface area contributed by atoms with E-state index in [1.807, 2.05) is 13.8 Å². The summed E-state index contributed by atoms with van der Waals surface area (Å²) in [5.41, 5.74) is 0. The van der Waals surface area contributed by atoms with E-state index in [-0.39, 0.29) is 6.04 Å². The molecule has 5 nitrogen and oxygen atoms in total. The molecule has 6 heteroatoms. The molecule has 0 aromatic carbocycles. The smallest absolute Gasteiger partial charge is 0.279 e. The summed E-state index contributed by atoms with van der Waals surface area (Å²) in [6, 6.07) is 0.0457. The maximum absolute atomic E-state index is 11.8. The molecule has 0 spiro atoms. The molecule has 90 valence electrons. The Balaban J connectivity index is 2.54. The van der Waals surface area contributed by atoms with Gasteiger partial charge in [0.05, 0.1) is 0 Å². The third-order valence-corrected chi connectivity index (χ3v) is 4.49. The molecule has 1 aliphatic heterocycles. The standard InChI is InChI=1S/C9H21N3O2S/c1-3-12(4-2)15(13,14)11-9-6-5-7-10-8-9/h9-11H,3-8H2,1-2H3/t9-/m0/s1. The molecule has 15 heavy (non-hydrogen) atoms. The highest BCUT2D eigenvalue weighted by molar-refractivity contribution is 7.87. The van der Waals surface area contributed by atoms with Gasteiger partial charge in [-0.15, -0.1) is 0 Å². The minimum atomic E-state index is -3.28. The van der Waals surface area contributed by atoms with E-state index in [0.29, 0.717) is 13.1 Å². The van der Waals surface area contributed by atoms with Gasteiger partial charge < -0.3 is 5.32 Å². The molecule has 0 aliphatic carbocycles. The third-order valence-electron chi connectivity index (χ3n) is 2.66. The lowest BCUT2D eigenvalue weighted by molar-refractivity contribution is 0.393. The van der Waals surface area contributed by atoms with Gasteiger partial charge in [0.2, 0.25) is 0 Å². The van der Waals surface area contributed by atoms with Crippen molar-refractivity contribution in [2.24, 2.45) is 0 Å². The quantitative estimate of drug-likeness (QED) is 0.700. The Morgan fingerprint density at radius 1 is 1.40 bits per heavy atom. The van der Waals surface area contributed by atoms with Crippen LogP contribution in [0.3, 0.4) is 0 Å². The van der Waals surface area contributed by atoms with E-state index < -0.39 is 10.2 Å². The number of rotatable bonds is 5. The summed E-state index contributed by atoms with van der Waals surface area (Å²) in [5.74, 6) is 0. The Labute approximate surface area is 92.4 Å². The van der Waals surface area contributed by atoms with Gasteiger partial charge in [0.25, 0.3) is 10.2 Å². The van der Waals surface area contributed by atoms with Crippen molar-refractivity contribution < 1.29 is 8.42 Å². The lowest BCUT2D eigenvalue weighted by atomic mass is 10.1. The molecule has 1 saturated heterocycles. The minimum absolute atomic E-state index is 0.0457. The van der Waals surface area contributed by atoms with Crippen molar-refractivity contribution in [1.29, 1.82) is 0 Å². The van der Waals surface area contributed by atoms with Crippen molar-refractivity contribution in [2.45, 2.75) is 32.7 Å². The van der Waals surface area contributed by atoms with E-state index in [2.05, 4.69) is 10.0 Å². The van der Waals surface area contributed by atoms with Gasteiger partial charge in [-0.1, -0.05) is 13.8 Å². The Hall–Kier alpha value is -0.170. The molecule has 1 fully saturated rings. The predicted molar refractivity (Wildman–Crippen MR) is 60.9 cm³/mol. The van der Waals surface area contributed by atoms with Crippen LogP contribution in [-0.2, 0) is 10.2 Å². The largest absolute Gasteiger partial charge is 0.315 e. The molecule has 0 unspecified atom stereocenters. The fourth-order valence-electron chi connectivity index (χ4n) is 1.80. The van der Waals surface area contributed by atoms with Gasteiger partial charge in [-0.2, -0.15) is 17.4 Å². The average molecular weight is 235 g/mol. The summed E-state index contributed by atoms with van der Waals surface area (Å²) < 4.78 is 27.9. The summed E-state index contributed by atoms with van der Waals surface area (Å²) in [7, 11) is -3.28. The molecule has 1 heterocycles. The highest BCUT2D eigenvalue weighted by Crippen LogP contribution is 2.05. The first kappa shape index (κ1) is 12.9. The summed E-state index contributed by atoms with van der Waals surface area (Å²) in [6.45, 7) is 6.46. The number of nitrogens with one attached hydrogen (secondary N) is 2. The van der Waals surface area contributed by atoms with Crippen LogP contribution in [0.1, 0.15) is 26.7 Å². The zero-order valence-corrected chi connectivity index (χ0v) is 10.3. The van der Waals surface area contributed by atoms with Gasteiger partial charge >= 0.3 is 0 Å². The van der Waals surface area contributed by atoms with Crippen LogP contribution in [0, 0.1) is 0 Å². The lowest BCUT2D eigenvalue weighted by Gasteiger charge is -2.27. The van der Waals surface area contributed by atoms with Crippen LogP contribution in [0.4, 0.5) is 0 Å². The minimum Gasteiger partial charge on any atom is -0.315 e. The number of piperidine rings is 1. The van der Waals surface area contributed by atoms with Gasteiger partial charge in [-0.3, -0.25) is 0 Å². The topological polar surface area (TPSA) is 61.4 Å². The van der Waals surface area contributed by atoms with Crippen molar-refractivity contribution in [3.05, 3.63) is 0 Å². The molecule has 0 saturated carbocycles. The molecule has 1 atom stereocenters. The average Bonchev–Trinajstić information content (AvgIpc) is 2.19. The fraction of sp³-hybridized carbons (Fsp3) is 1.00. The highest BCUT2D eigenvalue weighted by atomic mass is 32.2. The monoisotopic (exact) mass is 235 g/mol. The molecule has 0 radical (unpaired) electrons.